The summed E-state index contributed by atoms with van der Waals surface area (Å²) in [7, 11) is 1.82. The Labute approximate surface area is 74.1 Å². The summed E-state index contributed by atoms with van der Waals surface area (Å²) in [6.45, 7) is 5.80. The maximum atomic E-state index is 4.96. The van der Waals surface area contributed by atoms with Crippen molar-refractivity contribution in [2.45, 2.75) is 25.8 Å². The second-order valence-electron chi connectivity index (χ2n) is 2.35. The van der Waals surface area contributed by atoms with Gasteiger partial charge in [-0.3, -0.25) is 0 Å². The fourth-order valence-corrected chi connectivity index (χ4v) is 0.953. The van der Waals surface area contributed by atoms with Crippen molar-refractivity contribution in [1.29, 1.82) is 0 Å². The molecule has 0 fully saturated rings. The van der Waals surface area contributed by atoms with E-state index in [9.17, 15) is 0 Å². The molecule has 0 aromatic rings. The van der Waals surface area contributed by atoms with E-state index in [1.54, 1.807) is 0 Å². The summed E-state index contributed by atoms with van der Waals surface area (Å²) in [5.41, 5.74) is 0. The molecule has 2 nitrogen and oxygen atoms in total. The highest BCUT2D eigenvalue weighted by molar-refractivity contribution is 7.80. The van der Waals surface area contributed by atoms with Crippen molar-refractivity contribution < 1.29 is 0 Å². The van der Waals surface area contributed by atoms with Gasteiger partial charge in [-0.2, -0.15) is 0 Å². The van der Waals surface area contributed by atoms with Gasteiger partial charge in [0.25, 0.3) is 0 Å². The van der Waals surface area contributed by atoms with Crippen LogP contribution in [0, 0.1) is 0 Å². The van der Waals surface area contributed by atoms with Crippen LogP contribution in [0.1, 0.15) is 19.8 Å². The molecule has 0 radical (unpaired) electrons. The van der Waals surface area contributed by atoms with Crippen LogP contribution in [0.5, 0.6) is 0 Å². The minimum Gasteiger partial charge on any atom is -0.366 e. The van der Waals surface area contributed by atoms with E-state index in [4.69, 9.17) is 12.2 Å². The number of rotatable bonds is 4. The Morgan fingerprint density at radius 3 is 2.73 bits per heavy atom. The summed E-state index contributed by atoms with van der Waals surface area (Å²) < 4.78 is 0. The van der Waals surface area contributed by atoms with E-state index in [1.807, 2.05) is 13.1 Å². The number of hydrogen-bond donors (Lipinski definition) is 2. The Bertz CT molecular complexity index is 134. The van der Waals surface area contributed by atoms with Gasteiger partial charge in [-0.15, -0.1) is 6.58 Å². The summed E-state index contributed by atoms with van der Waals surface area (Å²) in [4.78, 5) is 0. The summed E-state index contributed by atoms with van der Waals surface area (Å²) in [6.07, 6.45) is 3.92. The first-order valence-corrected chi connectivity index (χ1v) is 4.24. The van der Waals surface area contributed by atoms with E-state index in [0.717, 1.165) is 12.8 Å². The fraction of sp³-hybridized carbons (Fsp3) is 0.625. The molecule has 1 atom stereocenters. The molecule has 64 valence electrons. The molecule has 0 saturated carbocycles. The molecule has 0 aromatic carbocycles. The average Bonchev–Trinajstić information content (AvgIpc) is 2.03. The normalized spacial score (nSPS) is 11.8. The predicted molar refractivity (Wildman–Crippen MR) is 53.7 cm³/mol. The van der Waals surface area contributed by atoms with Crippen molar-refractivity contribution in [2.75, 3.05) is 7.05 Å². The molecule has 0 aliphatic heterocycles. The summed E-state index contributed by atoms with van der Waals surface area (Å²) >= 11 is 4.96. The first-order valence-electron chi connectivity index (χ1n) is 3.83. The Kier molecular flexibility index (Phi) is 5.84. The molecule has 0 heterocycles. The maximum Gasteiger partial charge on any atom is 0.166 e. The first kappa shape index (κ1) is 10.4. The van der Waals surface area contributed by atoms with E-state index < -0.39 is 0 Å². The van der Waals surface area contributed by atoms with Gasteiger partial charge >= 0.3 is 0 Å². The van der Waals surface area contributed by atoms with Crippen LogP contribution in [-0.4, -0.2) is 18.2 Å². The zero-order valence-corrected chi connectivity index (χ0v) is 8.00. The molecule has 0 aliphatic carbocycles. The largest absolute Gasteiger partial charge is 0.366 e. The maximum absolute atomic E-state index is 4.96. The highest BCUT2D eigenvalue weighted by Crippen LogP contribution is 1.96. The molecule has 0 aromatic heterocycles. The van der Waals surface area contributed by atoms with Crippen LogP contribution in [0.4, 0.5) is 0 Å². The standard InChI is InChI=1S/C8H16N2S/c1-4-6-7(5-2)10-8(11)9-3/h4,7H,1,5-6H2,2-3H3,(H2,9,10,11). The van der Waals surface area contributed by atoms with Gasteiger partial charge in [0, 0.05) is 13.1 Å². The highest BCUT2D eigenvalue weighted by Gasteiger charge is 2.02. The van der Waals surface area contributed by atoms with Gasteiger partial charge < -0.3 is 10.6 Å². The van der Waals surface area contributed by atoms with E-state index in [-0.39, 0.29) is 0 Å². The van der Waals surface area contributed by atoms with Crippen LogP contribution in [0.2, 0.25) is 0 Å². The third kappa shape index (κ3) is 4.79. The quantitative estimate of drug-likeness (QED) is 0.495. The molecule has 0 bridgehead atoms. The smallest absolute Gasteiger partial charge is 0.166 e. The van der Waals surface area contributed by atoms with Crippen LogP contribution in [0.3, 0.4) is 0 Å². The monoisotopic (exact) mass is 172 g/mol. The zero-order valence-electron chi connectivity index (χ0n) is 7.18. The van der Waals surface area contributed by atoms with Crippen LogP contribution >= 0.6 is 12.2 Å². The molecule has 0 saturated heterocycles. The van der Waals surface area contributed by atoms with Gasteiger partial charge in [0.15, 0.2) is 5.11 Å². The Morgan fingerprint density at radius 1 is 1.73 bits per heavy atom. The van der Waals surface area contributed by atoms with Crippen molar-refractivity contribution in [3.8, 4) is 0 Å². The molecule has 0 amide bonds. The predicted octanol–water partition coefficient (Wildman–Crippen LogP) is 1.43. The summed E-state index contributed by atoms with van der Waals surface area (Å²) in [5.74, 6) is 0. The molecular formula is C8H16N2S. The SMILES string of the molecule is C=CCC(CC)NC(=S)NC. The lowest BCUT2D eigenvalue weighted by molar-refractivity contribution is 0.592. The van der Waals surface area contributed by atoms with E-state index >= 15 is 0 Å². The fourth-order valence-electron chi connectivity index (χ4n) is 0.786. The van der Waals surface area contributed by atoms with Crippen LogP contribution in [0.15, 0.2) is 12.7 Å². The van der Waals surface area contributed by atoms with Crippen molar-refractivity contribution in [3.05, 3.63) is 12.7 Å². The summed E-state index contributed by atoms with van der Waals surface area (Å²) in [6, 6.07) is 0.424. The molecular weight excluding hydrogens is 156 g/mol. The number of hydrogen-bond acceptors (Lipinski definition) is 1. The van der Waals surface area contributed by atoms with Gasteiger partial charge in [0.2, 0.25) is 0 Å². The lowest BCUT2D eigenvalue weighted by Gasteiger charge is -2.16. The van der Waals surface area contributed by atoms with Crippen molar-refractivity contribution in [3.63, 3.8) is 0 Å². The van der Waals surface area contributed by atoms with Gasteiger partial charge in [-0.05, 0) is 25.1 Å². The van der Waals surface area contributed by atoms with Gasteiger partial charge in [-0.25, -0.2) is 0 Å². The van der Waals surface area contributed by atoms with Crippen LogP contribution < -0.4 is 10.6 Å². The lowest BCUT2D eigenvalue weighted by Crippen LogP contribution is -2.39. The highest BCUT2D eigenvalue weighted by atomic mass is 32.1. The second kappa shape index (κ2) is 6.16. The molecule has 3 heteroatoms. The Hall–Kier alpha value is -0.570. The number of nitrogens with one attached hydrogen (secondary N) is 2. The molecule has 0 spiro atoms. The van der Waals surface area contributed by atoms with E-state index in [2.05, 4.69) is 24.1 Å². The summed E-state index contributed by atoms with van der Waals surface area (Å²) in [5, 5.41) is 6.75. The lowest BCUT2D eigenvalue weighted by atomic mass is 10.1. The zero-order chi connectivity index (χ0) is 8.69. The first-order chi connectivity index (χ1) is 5.24. The Balaban J connectivity index is 3.67. The average molecular weight is 172 g/mol. The van der Waals surface area contributed by atoms with E-state index in [1.165, 1.54) is 0 Å². The molecule has 0 rings (SSSR count). The van der Waals surface area contributed by atoms with Gasteiger partial charge in [-0.1, -0.05) is 13.0 Å². The molecule has 2 N–H and O–H groups in total. The van der Waals surface area contributed by atoms with E-state index in [0.29, 0.717) is 11.2 Å². The van der Waals surface area contributed by atoms with Crippen molar-refractivity contribution in [1.82, 2.24) is 10.6 Å². The third-order valence-corrected chi connectivity index (χ3v) is 1.83. The third-order valence-electron chi connectivity index (χ3n) is 1.51. The van der Waals surface area contributed by atoms with Crippen molar-refractivity contribution in [2.24, 2.45) is 0 Å². The van der Waals surface area contributed by atoms with Crippen LogP contribution in [0.25, 0.3) is 0 Å². The minimum absolute atomic E-state index is 0.424. The molecule has 0 aliphatic rings. The van der Waals surface area contributed by atoms with Gasteiger partial charge in [0.1, 0.15) is 0 Å². The van der Waals surface area contributed by atoms with Gasteiger partial charge in [0.05, 0.1) is 0 Å². The second-order valence-corrected chi connectivity index (χ2v) is 2.76. The Morgan fingerprint density at radius 2 is 2.36 bits per heavy atom. The topological polar surface area (TPSA) is 24.1 Å². The molecule has 11 heavy (non-hydrogen) atoms. The minimum atomic E-state index is 0.424. The van der Waals surface area contributed by atoms with Crippen LogP contribution in [-0.2, 0) is 0 Å². The van der Waals surface area contributed by atoms with Crippen molar-refractivity contribution >= 4 is 17.3 Å². The number of thiocarbonyl (C=S) groups is 1. The molecule has 1 unspecified atom stereocenters.